The van der Waals surface area contributed by atoms with Crippen LogP contribution < -0.4 is 10.6 Å². The molecule has 1 heterocycles. The van der Waals surface area contributed by atoms with E-state index in [9.17, 15) is 4.79 Å². The predicted molar refractivity (Wildman–Crippen MR) is 121 cm³/mol. The molecule has 0 unspecified atom stereocenters. The fourth-order valence-corrected chi connectivity index (χ4v) is 3.67. The average molecular weight is 495 g/mol. The summed E-state index contributed by atoms with van der Waals surface area (Å²) in [6.07, 6.45) is 6.41. The van der Waals surface area contributed by atoms with Gasteiger partial charge in [-0.05, 0) is 24.7 Å². The van der Waals surface area contributed by atoms with E-state index < -0.39 is 0 Å². The monoisotopic (exact) mass is 495 g/mol. The molecule has 2 N–H and O–H groups in total. The van der Waals surface area contributed by atoms with Gasteiger partial charge in [0.05, 0.1) is 13.2 Å². The Morgan fingerprint density at radius 1 is 1.19 bits per heavy atom. The van der Waals surface area contributed by atoms with Gasteiger partial charge in [0.2, 0.25) is 5.91 Å². The van der Waals surface area contributed by atoms with Gasteiger partial charge >= 0.3 is 0 Å². The number of carbonyl (C=O) groups excluding carboxylic acids is 1. The summed E-state index contributed by atoms with van der Waals surface area (Å²) in [5.74, 6) is 0.776. The molecule has 0 aromatic rings. The first-order valence-electron chi connectivity index (χ1n) is 10.1. The number of guanidine groups is 1. The van der Waals surface area contributed by atoms with E-state index in [1.54, 1.807) is 19.0 Å². The minimum absolute atomic E-state index is 0. The molecule has 0 spiro atoms. The third-order valence-electron chi connectivity index (χ3n) is 5.74. The van der Waals surface area contributed by atoms with Gasteiger partial charge in [-0.3, -0.25) is 9.69 Å². The third kappa shape index (κ3) is 8.51. The summed E-state index contributed by atoms with van der Waals surface area (Å²) in [4.78, 5) is 20.4. The van der Waals surface area contributed by atoms with E-state index in [0.717, 1.165) is 51.9 Å². The lowest BCUT2D eigenvalue weighted by Gasteiger charge is -2.29. The molecule has 0 atom stereocenters. The van der Waals surface area contributed by atoms with Crippen molar-refractivity contribution in [2.75, 3.05) is 66.6 Å². The van der Waals surface area contributed by atoms with Crippen LogP contribution in [0.5, 0.6) is 0 Å². The number of rotatable bonds is 8. The van der Waals surface area contributed by atoms with Crippen molar-refractivity contribution in [3.8, 4) is 0 Å². The van der Waals surface area contributed by atoms with Gasteiger partial charge in [-0.15, -0.1) is 24.0 Å². The summed E-state index contributed by atoms with van der Waals surface area (Å²) in [6.45, 7) is 8.78. The minimum Gasteiger partial charge on any atom is -0.379 e. The lowest BCUT2D eigenvalue weighted by Crippen LogP contribution is -2.47. The standard InChI is InChI=1S/C19H37N5O2.HI/c1-4-19(7-5-6-8-19)16-22-18(21-15-17(25)23(2)3)20-9-10-24-11-13-26-14-12-24;/h4-16H2,1-3H3,(H2,20,21,22);1H. The smallest absolute Gasteiger partial charge is 0.243 e. The van der Waals surface area contributed by atoms with E-state index in [4.69, 9.17) is 4.74 Å². The van der Waals surface area contributed by atoms with E-state index in [1.807, 2.05) is 0 Å². The van der Waals surface area contributed by atoms with E-state index in [1.165, 1.54) is 32.1 Å². The van der Waals surface area contributed by atoms with Crippen LogP contribution in [0.2, 0.25) is 0 Å². The highest BCUT2D eigenvalue weighted by Crippen LogP contribution is 2.40. The van der Waals surface area contributed by atoms with Crippen molar-refractivity contribution in [1.29, 1.82) is 0 Å². The minimum atomic E-state index is 0. The SMILES string of the molecule is CCC1(CNC(=NCC(=O)N(C)C)NCCN2CCOCC2)CCCC1.I. The maximum Gasteiger partial charge on any atom is 0.243 e. The van der Waals surface area contributed by atoms with Gasteiger partial charge in [0.1, 0.15) is 6.54 Å². The third-order valence-corrected chi connectivity index (χ3v) is 5.74. The van der Waals surface area contributed by atoms with Gasteiger partial charge in [0.15, 0.2) is 5.96 Å². The van der Waals surface area contributed by atoms with Crippen LogP contribution in [-0.2, 0) is 9.53 Å². The number of morpholine rings is 1. The Labute approximate surface area is 181 Å². The quantitative estimate of drug-likeness (QED) is 0.304. The topological polar surface area (TPSA) is 69.2 Å². The number of nitrogens with zero attached hydrogens (tertiary/aromatic N) is 3. The van der Waals surface area contributed by atoms with Gasteiger partial charge in [-0.1, -0.05) is 19.8 Å². The number of amides is 1. The van der Waals surface area contributed by atoms with Crippen LogP contribution >= 0.6 is 24.0 Å². The molecule has 7 nitrogen and oxygen atoms in total. The van der Waals surface area contributed by atoms with Gasteiger partial charge in [-0.2, -0.15) is 0 Å². The van der Waals surface area contributed by atoms with Crippen molar-refractivity contribution >= 4 is 35.8 Å². The second-order valence-corrected chi connectivity index (χ2v) is 7.75. The number of carbonyl (C=O) groups is 1. The second-order valence-electron chi connectivity index (χ2n) is 7.75. The van der Waals surface area contributed by atoms with Crippen LogP contribution in [-0.4, -0.2) is 88.2 Å². The largest absolute Gasteiger partial charge is 0.379 e. The lowest BCUT2D eigenvalue weighted by molar-refractivity contribution is -0.127. The average Bonchev–Trinajstić information content (AvgIpc) is 3.13. The van der Waals surface area contributed by atoms with Crippen LogP contribution in [0.15, 0.2) is 4.99 Å². The molecule has 1 amide bonds. The second kappa shape index (κ2) is 12.8. The number of halogens is 1. The summed E-state index contributed by atoms with van der Waals surface area (Å²) >= 11 is 0. The highest BCUT2D eigenvalue weighted by atomic mass is 127. The molecule has 2 aliphatic rings. The van der Waals surface area contributed by atoms with E-state index >= 15 is 0 Å². The molecule has 0 bridgehead atoms. The molecule has 0 aromatic carbocycles. The molecular weight excluding hydrogens is 457 g/mol. The molecular formula is C19H38IN5O2. The first kappa shape index (κ1) is 24.4. The zero-order valence-electron chi connectivity index (χ0n) is 17.3. The predicted octanol–water partition coefficient (Wildman–Crippen LogP) is 1.53. The summed E-state index contributed by atoms with van der Waals surface area (Å²) in [6, 6.07) is 0. The molecule has 1 saturated heterocycles. The summed E-state index contributed by atoms with van der Waals surface area (Å²) in [5, 5.41) is 6.92. The summed E-state index contributed by atoms with van der Waals surface area (Å²) < 4.78 is 5.39. The van der Waals surface area contributed by atoms with E-state index in [-0.39, 0.29) is 36.4 Å². The molecule has 27 heavy (non-hydrogen) atoms. The van der Waals surface area contributed by atoms with E-state index in [2.05, 4.69) is 27.4 Å². The maximum atomic E-state index is 11.9. The number of hydrogen-bond acceptors (Lipinski definition) is 4. The molecule has 0 radical (unpaired) electrons. The fourth-order valence-electron chi connectivity index (χ4n) is 3.67. The van der Waals surface area contributed by atoms with Crippen LogP contribution in [0.1, 0.15) is 39.0 Å². The zero-order valence-corrected chi connectivity index (χ0v) is 19.6. The van der Waals surface area contributed by atoms with Crippen LogP contribution in [0, 0.1) is 5.41 Å². The highest BCUT2D eigenvalue weighted by Gasteiger charge is 2.31. The molecule has 1 saturated carbocycles. The van der Waals surface area contributed by atoms with Crippen LogP contribution in [0.25, 0.3) is 0 Å². The molecule has 1 aliphatic carbocycles. The maximum absolute atomic E-state index is 11.9. The first-order valence-corrected chi connectivity index (χ1v) is 10.1. The Bertz CT molecular complexity index is 461. The number of likely N-dealkylation sites (N-methyl/N-ethyl adjacent to an activating group) is 1. The van der Waals surface area contributed by atoms with Gasteiger partial charge in [-0.25, -0.2) is 4.99 Å². The van der Waals surface area contributed by atoms with Crippen molar-refractivity contribution in [2.24, 2.45) is 10.4 Å². The Balaban J connectivity index is 0.00000364. The number of hydrogen-bond donors (Lipinski definition) is 2. The number of ether oxygens (including phenoxy) is 1. The van der Waals surface area contributed by atoms with E-state index in [0.29, 0.717) is 5.41 Å². The summed E-state index contributed by atoms with van der Waals surface area (Å²) in [7, 11) is 3.53. The van der Waals surface area contributed by atoms with Crippen LogP contribution in [0.3, 0.4) is 0 Å². The zero-order chi connectivity index (χ0) is 18.8. The van der Waals surface area contributed by atoms with Crippen molar-refractivity contribution in [2.45, 2.75) is 39.0 Å². The number of aliphatic imine (C=N–C) groups is 1. The Morgan fingerprint density at radius 2 is 1.85 bits per heavy atom. The van der Waals surface area contributed by atoms with Gasteiger partial charge in [0.25, 0.3) is 0 Å². The summed E-state index contributed by atoms with van der Waals surface area (Å²) in [5.41, 5.74) is 0.387. The normalized spacial score (nSPS) is 20.0. The molecule has 1 aliphatic heterocycles. The van der Waals surface area contributed by atoms with Crippen molar-refractivity contribution in [3.63, 3.8) is 0 Å². The Morgan fingerprint density at radius 3 is 2.44 bits per heavy atom. The first-order chi connectivity index (χ1) is 12.5. The fraction of sp³-hybridized carbons (Fsp3) is 0.895. The molecule has 8 heteroatoms. The van der Waals surface area contributed by atoms with Gasteiger partial charge in [0, 0.05) is 46.8 Å². The highest BCUT2D eigenvalue weighted by molar-refractivity contribution is 14.0. The van der Waals surface area contributed by atoms with Crippen molar-refractivity contribution in [1.82, 2.24) is 20.4 Å². The number of nitrogens with one attached hydrogen (secondary N) is 2. The Hall–Kier alpha value is -0.610. The molecule has 158 valence electrons. The van der Waals surface area contributed by atoms with Crippen molar-refractivity contribution in [3.05, 3.63) is 0 Å². The lowest BCUT2D eigenvalue weighted by atomic mass is 9.83. The van der Waals surface area contributed by atoms with Gasteiger partial charge < -0.3 is 20.3 Å². The molecule has 0 aromatic heterocycles. The Kier molecular flexibility index (Phi) is 11.6. The molecule has 2 rings (SSSR count). The van der Waals surface area contributed by atoms with Crippen molar-refractivity contribution < 1.29 is 9.53 Å². The van der Waals surface area contributed by atoms with Crippen LogP contribution in [0.4, 0.5) is 0 Å². The molecule has 2 fully saturated rings.